The Bertz CT molecular complexity index is 944. The SMILES string of the molecule is CC[C@@H](C)N1C(=O)CC[C@H]1c1c(-c2ccc(F)cc2)[nH]c2ccccc12. The predicted molar refractivity (Wildman–Crippen MR) is 102 cm³/mol. The Hall–Kier alpha value is -2.62. The maximum atomic E-state index is 13.4. The second kappa shape index (κ2) is 6.60. The summed E-state index contributed by atoms with van der Waals surface area (Å²) in [6.45, 7) is 4.23. The zero-order valence-electron chi connectivity index (χ0n) is 15.1. The monoisotopic (exact) mass is 350 g/mol. The molecule has 2 heterocycles. The molecular weight excluding hydrogens is 327 g/mol. The highest BCUT2D eigenvalue weighted by molar-refractivity contribution is 5.92. The Kier molecular flexibility index (Phi) is 4.27. The smallest absolute Gasteiger partial charge is 0.223 e. The van der Waals surface area contributed by atoms with E-state index in [1.54, 1.807) is 12.1 Å². The molecule has 1 saturated heterocycles. The quantitative estimate of drug-likeness (QED) is 0.668. The number of carbonyl (C=O) groups is 1. The summed E-state index contributed by atoms with van der Waals surface area (Å²) in [5.41, 5.74) is 4.13. The van der Waals surface area contributed by atoms with E-state index in [0.29, 0.717) is 6.42 Å². The van der Waals surface area contributed by atoms with E-state index in [1.807, 2.05) is 17.0 Å². The third-order valence-electron chi connectivity index (χ3n) is 5.53. The first-order chi connectivity index (χ1) is 12.6. The van der Waals surface area contributed by atoms with E-state index in [-0.39, 0.29) is 23.8 Å². The third-order valence-corrected chi connectivity index (χ3v) is 5.53. The van der Waals surface area contributed by atoms with E-state index < -0.39 is 0 Å². The van der Waals surface area contributed by atoms with E-state index in [1.165, 1.54) is 12.1 Å². The van der Waals surface area contributed by atoms with Crippen LogP contribution in [0.15, 0.2) is 48.5 Å². The molecule has 0 spiro atoms. The van der Waals surface area contributed by atoms with Gasteiger partial charge >= 0.3 is 0 Å². The lowest BCUT2D eigenvalue weighted by Gasteiger charge is -2.31. The van der Waals surface area contributed by atoms with Gasteiger partial charge in [0.25, 0.3) is 0 Å². The highest BCUT2D eigenvalue weighted by Crippen LogP contribution is 2.43. The lowest BCUT2D eigenvalue weighted by atomic mass is 9.96. The summed E-state index contributed by atoms with van der Waals surface area (Å²) in [5, 5.41) is 1.14. The number of likely N-dealkylation sites (tertiary alicyclic amines) is 1. The summed E-state index contributed by atoms with van der Waals surface area (Å²) in [6, 6.07) is 15.0. The zero-order valence-corrected chi connectivity index (χ0v) is 15.1. The molecule has 3 nitrogen and oxygen atoms in total. The summed E-state index contributed by atoms with van der Waals surface area (Å²) in [5.74, 6) is -0.0247. The molecule has 1 aliphatic rings. The fourth-order valence-corrected chi connectivity index (χ4v) is 4.09. The highest BCUT2D eigenvalue weighted by atomic mass is 19.1. The van der Waals surface area contributed by atoms with Crippen LogP contribution >= 0.6 is 0 Å². The number of aromatic amines is 1. The van der Waals surface area contributed by atoms with Gasteiger partial charge in [-0.3, -0.25) is 4.79 Å². The molecule has 0 unspecified atom stereocenters. The molecule has 2 atom stereocenters. The minimum Gasteiger partial charge on any atom is -0.354 e. The second-order valence-electron chi connectivity index (χ2n) is 7.08. The van der Waals surface area contributed by atoms with Gasteiger partial charge in [0.2, 0.25) is 5.91 Å². The number of nitrogens with zero attached hydrogens (tertiary/aromatic N) is 1. The maximum Gasteiger partial charge on any atom is 0.223 e. The van der Waals surface area contributed by atoms with Gasteiger partial charge in [-0.2, -0.15) is 0 Å². The van der Waals surface area contributed by atoms with Crippen LogP contribution in [-0.2, 0) is 4.79 Å². The normalized spacial score (nSPS) is 18.7. The van der Waals surface area contributed by atoms with Crippen molar-refractivity contribution in [3.63, 3.8) is 0 Å². The maximum absolute atomic E-state index is 13.4. The highest BCUT2D eigenvalue weighted by Gasteiger charge is 2.37. The van der Waals surface area contributed by atoms with Gasteiger partial charge in [-0.15, -0.1) is 0 Å². The van der Waals surface area contributed by atoms with Crippen LogP contribution < -0.4 is 0 Å². The van der Waals surface area contributed by atoms with Crippen LogP contribution in [0.1, 0.15) is 44.7 Å². The van der Waals surface area contributed by atoms with Gasteiger partial charge in [-0.05, 0) is 55.7 Å². The van der Waals surface area contributed by atoms with Crippen molar-refractivity contribution in [2.45, 2.75) is 45.2 Å². The molecule has 1 aliphatic heterocycles. The topological polar surface area (TPSA) is 36.1 Å². The number of para-hydroxylation sites is 1. The van der Waals surface area contributed by atoms with Crippen LogP contribution in [0.5, 0.6) is 0 Å². The van der Waals surface area contributed by atoms with Gasteiger partial charge < -0.3 is 9.88 Å². The van der Waals surface area contributed by atoms with Crippen LogP contribution in [-0.4, -0.2) is 21.8 Å². The number of carbonyl (C=O) groups excluding carboxylic acids is 1. The van der Waals surface area contributed by atoms with E-state index in [2.05, 4.69) is 31.0 Å². The number of nitrogens with one attached hydrogen (secondary N) is 1. The third kappa shape index (κ3) is 2.70. The van der Waals surface area contributed by atoms with Crippen molar-refractivity contribution in [2.24, 2.45) is 0 Å². The fourth-order valence-electron chi connectivity index (χ4n) is 4.09. The molecule has 1 aromatic heterocycles. The van der Waals surface area contributed by atoms with Crippen molar-refractivity contribution < 1.29 is 9.18 Å². The first-order valence-corrected chi connectivity index (χ1v) is 9.28. The van der Waals surface area contributed by atoms with Gasteiger partial charge in [0, 0.05) is 28.9 Å². The Morgan fingerprint density at radius 3 is 2.65 bits per heavy atom. The molecule has 2 aromatic carbocycles. The van der Waals surface area contributed by atoms with E-state index >= 15 is 0 Å². The Morgan fingerprint density at radius 1 is 1.19 bits per heavy atom. The van der Waals surface area contributed by atoms with Crippen LogP contribution in [0.2, 0.25) is 0 Å². The van der Waals surface area contributed by atoms with E-state index in [0.717, 1.165) is 40.6 Å². The lowest BCUT2D eigenvalue weighted by molar-refractivity contribution is -0.131. The van der Waals surface area contributed by atoms with Gasteiger partial charge in [0.1, 0.15) is 5.82 Å². The molecule has 3 aromatic rings. The second-order valence-corrected chi connectivity index (χ2v) is 7.08. The van der Waals surface area contributed by atoms with Crippen molar-refractivity contribution in [3.05, 3.63) is 59.9 Å². The molecule has 1 amide bonds. The number of hydrogen-bond donors (Lipinski definition) is 1. The summed E-state index contributed by atoms with van der Waals surface area (Å²) in [6.07, 6.45) is 2.33. The van der Waals surface area contributed by atoms with Gasteiger partial charge in [0.15, 0.2) is 0 Å². The average Bonchev–Trinajstić information content (AvgIpc) is 3.22. The summed E-state index contributed by atoms with van der Waals surface area (Å²) in [7, 11) is 0. The number of halogens is 1. The first kappa shape index (κ1) is 16.8. The molecular formula is C22H23FN2O. The van der Waals surface area contributed by atoms with Crippen LogP contribution in [0.4, 0.5) is 4.39 Å². The molecule has 1 fully saturated rings. The number of rotatable bonds is 4. The Labute approximate surface area is 152 Å². The van der Waals surface area contributed by atoms with Crippen molar-refractivity contribution in [3.8, 4) is 11.3 Å². The van der Waals surface area contributed by atoms with Crippen LogP contribution in [0, 0.1) is 5.82 Å². The van der Waals surface area contributed by atoms with Crippen LogP contribution in [0.3, 0.4) is 0 Å². The molecule has 4 heteroatoms. The molecule has 0 radical (unpaired) electrons. The molecule has 1 N–H and O–H groups in total. The van der Waals surface area contributed by atoms with Crippen molar-refractivity contribution in [1.29, 1.82) is 0 Å². The minimum atomic E-state index is -0.247. The van der Waals surface area contributed by atoms with E-state index in [9.17, 15) is 9.18 Å². The lowest BCUT2D eigenvalue weighted by Crippen LogP contribution is -2.35. The van der Waals surface area contributed by atoms with Crippen LogP contribution in [0.25, 0.3) is 22.2 Å². The average molecular weight is 350 g/mol. The number of aromatic nitrogens is 1. The summed E-state index contributed by atoms with van der Waals surface area (Å²) in [4.78, 5) is 18.1. The Balaban J connectivity index is 1.92. The van der Waals surface area contributed by atoms with Crippen molar-refractivity contribution >= 4 is 16.8 Å². The van der Waals surface area contributed by atoms with Gasteiger partial charge in [0.05, 0.1) is 11.7 Å². The molecule has 26 heavy (non-hydrogen) atoms. The largest absolute Gasteiger partial charge is 0.354 e. The number of benzene rings is 2. The Morgan fingerprint density at radius 2 is 1.92 bits per heavy atom. The zero-order chi connectivity index (χ0) is 18.3. The molecule has 0 aliphatic carbocycles. The predicted octanol–water partition coefficient (Wildman–Crippen LogP) is 5.44. The molecule has 0 bridgehead atoms. The van der Waals surface area contributed by atoms with Gasteiger partial charge in [-0.1, -0.05) is 25.1 Å². The van der Waals surface area contributed by atoms with E-state index in [4.69, 9.17) is 0 Å². The summed E-state index contributed by atoms with van der Waals surface area (Å²) < 4.78 is 13.4. The molecule has 0 saturated carbocycles. The number of hydrogen-bond acceptors (Lipinski definition) is 1. The number of fused-ring (bicyclic) bond motifs is 1. The fraction of sp³-hybridized carbons (Fsp3) is 0.318. The van der Waals surface area contributed by atoms with Gasteiger partial charge in [-0.25, -0.2) is 4.39 Å². The molecule has 4 rings (SSSR count). The number of H-pyrrole nitrogens is 1. The standard InChI is InChI=1S/C22H23FN2O/c1-3-14(2)25-19(12-13-20(25)26)21-17-6-4-5-7-18(17)24-22(21)15-8-10-16(23)11-9-15/h4-11,14,19,24H,3,12-13H2,1-2H3/t14-,19+/m1/s1. The number of amides is 1. The first-order valence-electron chi connectivity index (χ1n) is 9.28. The summed E-state index contributed by atoms with van der Waals surface area (Å²) >= 11 is 0. The van der Waals surface area contributed by atoms with Crippen molar-refractivity contribution in [2.75, 3.05) is 0 Å². The molecule has 134 valence electrons. The van der Waals surface area contributed by atoms with Crippen molar-refractivity contribution in [1.82, 2.24) is 9.88 Å². The minimum absolute atomic E-state index is 0.0497.